The van der Waals surface area contributed by atoms with Crippen molar-refractivity contribution in [3.63, 3.8) is 0 Å². The number of aryl methyl sites for hydroxylation is 1. The van der Waals surface area contributed by atoms with Crippen molar-refractivity contribution in [2.24, 2.45) is 0 Å². The smallest absolute Gasteiger partial charge is 0.225 e. The number of hydrogen-bond acceptors (Lipinski definition) is 6. The second-order valence-electron chi connectivity index (χ2n) is 5.34. The summed E-state index contributed by atoms with van der Waals surface area (Å²) in [7, 11) is 4.06. The fourth-order valence-electron chi connectivity index (χ4n) is 2.64. The summed E-state index contributed by atoms with van der Waals surface area (Å²) in [5.74, 6) is 1.80. The van der Waals surface area contributed by atoms with Crippen molar-refractivity contribution in [3.05, 3.63) is 10.9 Å². The van der Waals surface area contributed by atoms with E-state index >= 15 is 0 Å². The van der Waals surface area contributed by atoms with E-state index in [-0.39, 0.29) is 0 Å². The van der Waals surface area contributed by atoms with Gasteiger partial charge in [0.15, 0.2) is 0 Å². The predicted molar refractivity (Wildman–Crippen MR) is 86.0 cm³/mol. The van der Waals surface area contributed by atoms with Crippen molar-refractivity contribution < 1.29 is 0 Å². The second kappa shape index (κ2) is 5.54. The third-order valence-corrected chi connectivity index (χ3v) is 4.68. The molecule has 0 bridgehead atoms. The third-order valence-electron chi connectivity index (χ3n) is 3.74. The molecule has 2 aromatic heterocycles. The highest BCUT2D eigenvalue weighted by molar-refractivity contribution is 7.18. The van der Waals surface area contributed by atoms with Crippen molar-refractivity contribution in [3.8, 4) is 0 Å². The van der Waals surface area contributed by atoms with Gasteiger partial charge in [-0.1, -0.05) is 0 Å². The zero-order valence-corrected chi connectivity index (χ0v) is 13.1. The van der Waals surface area contributed by atoms with Crippen LogP contribution in [0.1, 0.15) is 11.3 Å². The summed E-state index contributed by atoms with van der Waals surface area (Å²) in [5.41, 5.74) is 0. The van der Waals surface area contributed by atoms with Gasteiger partial charge in [0.05, 0.1) is 5.39 Å². The fourth-order valence-corrected chi connectivity index (χ4v) is 3.51. The first-order chi connectivity index (χ1) is 9.67. The van der Waals surface area contributed by atoms with Gasteiger partial charge in [0.25, 0.3) is 0 Å². The molecule has 1 saturated heterocycles. The van der Waals surface area contributed by atoms with E-state index in [1.165, 1.54) is 16.7 Å². The highest BCUT2D eigenvalue weighted by Gasteiger charge is 2.18. The molecule has 0 saturated carbocycles. The lowest BCUT2D eigenvalue weighted by Crippen LogP contribution is -2.29. The first-order valence-corrected chi connectivity index (χ1v) is 7.88. The van der Waals surface area contributed by atoms with E-state index in [0.29, 0.717) is 5.95 Å². The van der Waals surface area contributed by atoms with Gasteiger partial charge in [-0.2, -0.15) is 4.98 Å². The summed E-state index contributed by atoms with van der Waals surface area (Å²) in [5, 5.41) is 4.27. The summed E-state index contributed by atoms with van der Waals surface area (Å²) in [6, 6.07) is 2.21. The molecule has 1 aliphatic rings. The molecule has 5 nitrogen and oxygen atoms in total. The van der Waals surface area contributed by atoms with Gasteiger partial charge in [-0.15, -0.1) is 11.3 Å². The van der Waals surface area contributed by atoms with Gasteiger partial charge in [-0.3, -0.25) is 0 Å². The van der Waals surface area contributed by atoms with Crippen LogP contribution < -0.4 is 10.2 Å². The van der Waals surface area contributed by atoms with Gasteiger partial charge >= 0.3 is 0 Å². The van der Waals surface area contributed by atoms with Crippen LogP contribution in [-0.2, 0) is 0 Å². The van der Waals surface area contributed by atoms with Crippen LogP contribution >= 0.6 is 11.3 Å². The average Bonchev–Trinajstić information content (AvgIpc) is 2.67. The van der Waals surface area contributed by atoms with Crippen LogP contribution in [0.25, 0.3) is 10.2 Å². The fraction of sp³-hybridized carbons (Fsp3) is 0.571. The molecule has 1 aliphatic heterocycles. The van der Waals surface area contributed by atoms with Crippen molar-refractivity contribution >= 4 is 33.3 Å². The number of likely N-dealkylation sites (N-methyl/N-ethyl adjacent to an activating group) is 1. The van der Waals surface area contributed by atoms with Gasteiger partial charge < -0.3 is 15.1 Å². The number of nitrogens with zero attached hydrogens (tertiary/aromatic N) is 4. The maximum Gasteiger partial charge on any atom is 0.225 e. The number of anilines is 2. The lowest BCUT2D eigenvalue weighted by atomic mass is 10.3. The number of thiophene rings is 1. The largest absolute Gasteiger partial charge is 0.357 e. The van der Waals surface area contributed by atoms with E-state index in [4.69, 9.17) is 4.98 Å². The quantitative estimate of drug-likeness (QED) is 0.919. The van der Waals surface area contributed by atoms with E-state index < -0.39 is 0 Å². The monoisotopic (exact) mass is 291 g/mol. The van der Waals surface area contributed by atoms with Gasteiger partial charge in [-0.25, -0.2) is 4.98 Å². The molecule has 0 atom stereocenters. The van der Waals surface area contributed by atoms with Crippen LogP contribution in [0.2, 0.25) is 0 Å². The molecule has 108 valence electrons. The molecule has 0 amide bonds. The molecule has 6 heteroatoms. The molecule has 1 fully saturated rings. The zero-order valence-electron chi connectivity index (χ0n) is 12.3. The van der Waals surface area contributed by atoms with Crippen molar-refractivity contribution in [2.45, 2.75) is 13.3 Å². The van der Waals surface area contributed by atoms with Crippen LogP contribution in [0, 0.1) is 6.92 Å². The summed E-state index contributed by atoms with van der Waals surface area (Å²) in [4.78, 5) is 16.4. The number of rotatable bonds is 2. The molecule has 1 N–H and O–H groups in total. The van der Waals surface area contributed by atoms with E-state index in [2.05, 4.69) is 40.1 Å². The van der Waals surface area contributed by atoms with Gasteiger partial charge in [0, 0.05) is 31.6 Å². The number of fused-ring (bicyclic) bond motifs is 1. The Balaban J connectivity index is 2.04. The Labute approximate surface area is 123 Å². The highest BCUT2D eigenvalue weighted by atomic mass is 32.1. The van der Waals surface area contributed by atoms with Gasteiger partial charge in [0.1, 0.15) is 10.6 Å². The molecular formula is C14H21N5S. The normalized spacial score (nSPS) is 17.4. The first kappa shape index (κ1) is 13.6. The molecular weight excluding hydrogens is 270 g/mol. The lowest BCUT2D eigenvalue weighted by Gasteiger charge is -2.22. The van der Waals surface area contributed by atoms with E-state index in [1.54, 1.807) is 11.3 Å². The minimum absolute atomic E-state index is 0.715. The number of aromatic nitrogens is 2. The Morgan fingerprint density at radius 3 is 2.85 bits per heavy atom. The predicted octanol–water partition coefficient (Wildman–Crippen LogP) is 2.18. The SMILES string of the molecule is CNc1nc(N2CCCN(C)CC2)c2cc(C)sc2n1. The third kappa shape index (κ3) is 2.58. The van der Waals surface area contributed by atoms with Crippen LogP contribution in [0.3, 0.4) is 0 Å². The second-order valence-corrected chi connectivity index (χ2v) is 6.58. The minimum atomic E-state index is 0.715. The van der Waals surface area contributed by atoms with Crippen molar-refractivity contribution in [2.75, 3.05) is 50.5 Å². The topological polar surface area (TPSA) is 44.3 Å². The molecule has 0 spiro atoms. The summed E-state index contributed by atoms with van der Waals surface area (Å²) >= 11 is 1.74. The Kier molecular flexibility index (Phi) is 3.76. The molecule has 3 heterocycles. The molecule has 3 rings (SSSR count). The summed E-state index contributed by atoms with van der Waals surface area (Å²) in [6.45, 7) is 6.47. The molecule has 0 radical (unpaired) electrons. The van der Waals surface area contributed by atoms with Crippen molar-refractivity contribution in [1.82, 2.24) is 14.9 Å². The maximum absolute atomic E-state index is 4.71. The zero-order chi connectivity index (χ0) is 14.1. The van der Waals surface area contributed by atoms with Crippen LogP contribution in [0.5, 0.6) is 0 Å². The van der Waals surface area contributed by atoms with E-state index in [1.807, 2.05) is 7.05 Å². The number of hydrogen-bond donors (Lipinski definition) is 1. The standard InChI is InChI=1S/C14H21N5S/c1-10-9-11-12(16-14(15-2)17-13(11)20-10)19-6-4-5-18(3)7-8-19/h9H,4-8H2,1-3H3,(H,15,16,17). The van der Waals surface area contributed by atoms with Gasteiger partial charge in [0.2, 0.25) is 5.95 Å². The Hall–Kier alpha value is -1.40. The number of nitrogens with one attached hydrogen (secondary N) is 1. The summed E-state index contributed by atoms with van der Waals surface area (Å²) in [6.07, 6.45) is 1.18. The first-order valence-electron chi connectivity index (χ1n) is 7.07. The highest BCUT2D eigenvalue weighted by Crippen LogP contribution is 2.32. The van der Waals surface area contributed by atoms with Crippen molar-refractivity contribution in [1.29, 1.82) is 0 Å². The van der Waals surface area contributed by atoms with Crippen LogP contribution in [0.15, 0.2) is 6.07 Å². The average molecular weight is 291 g/mol. The molecule has 0 aromatic carbocycles. The minimum Gasteiger partial charge on any atom is -0.357 e. The van der Waals surface area contributed by atoms with Crippen LogP contribution in [-0.4, -0.2) is 55.1 Å². The maximum atomic E-state index is 4.71. The van der Waals surface area contributed by atoms with Crippen LogP contribution in [0.4, 0.5) is 11.8 Å². The Morgan fingerprint density at radius 1 is 1.20 bits per heavy atom. The lowest BCUT2D eigenvalue weighted by molar-refractivity contribution is 0.360. The van der Waals surface area contributed by atoms with Gasteiger partial charge in [-0.05, 0) is 33.0 Å². The van der Waals surface area contributed by atoms with E-state index in [0.717, 1.165) is 36.8 Å². The molecule has 0 unspecified atom stereocenters. The molecule has 20 heavy (non-hydrogen) atoms. The Morgan fingerprint density at radius 2 is 2.05 bits per heavy atom. The van der Waals surface area contributed by atoms with E-state index in [9.17, 15) is 0 Å². The Bertz CT molecular complexity index is 609. The molecule has 2 aromatic rings. The molecule has 0 aliphatic carbocycles. The summed E-state index contributed by atoms with van der Waals surface area (Å²) < 4.78 is 0.